The molecule has 0 unspecified atom stereocenters. The van der Waals surface area contributed by atoms with Crippen LogP contribution in [-0.2, 0) is 4.79 Å². The average Bonchev–Trinajstić information content (AvgIpc) is 3.09. The van der Waals surface area contributed by atoms with Gasteiger partial charge in [-0.25, -0.2) is 4.98 Å². The van der Waals surface area contributed by atoms with Gasteiger partial charge in [0.2, 0.25) is 5.91 Å². The number of hydrogen-bond donors (Lipinski definition) is 0. The Balaban J connectivity index is 1.65. The van der Waals surface area contributed by atoms with Gasteiger partial charge >= 0.3 is 0 Å². The number of nitrogens with zero attached hydrogens (tertiary/aromatic N) is 3. The van der Waals surface area contributed by atoms with Gasteiger partial charge in [-0.05, 0) is 12.1 Å². The van der Waals surface area contributed by atoms with Gasteiger partial charge in [0, 0.05) is 32.3 Å². The van der Waals surface area contributed by atoms with E-state index in [1.165, 1.54) is 23.1 Å². The molecule has 3 rings (SSSR count). The third-order valence-corrected chi connectivity index (χ3v) is 5.39. The van der Waals surface area contributed by atoms with E-state index in [0.717, 1.165) is 22.5 Å². The summed E-state index contributed by atoms with van der Waals surface area (Å²) in [5, 5.41) is 0.772. The molecule has 2 heterocycles. The first-order valence-electron chi connectivity index (χ1n) is 6.69. The van der Waals surface area contributed by atoms with Crippen molar-refractivity contribution in [2.24, 2.45) is 0 Å². The minimum Gasteiger partial charge on any atom is -0.332 e. The van der Waals surface area contributed by atoms with Gasteiger partial charge in [0.25, 0.3) is 5.24 Å². The maximum absolute atomic E-state index is 12.2. The van der Waals surface area contributed by atoms with E-state index in [4.69, 9.17) is 0 Å². The first-order chi connectivity index (χ1) is 10.1. The monoisotopic (exact) mass is 321 g/mol. The fourth-order valence-corrected chi connectivity index (χ4v) is 3.93. The van der Waals surface area contributed by atoms with Gasteiger partial charge in [-0.3, -0.25) is 14.5 Å². The molecule has 2 aromatic rings. The third-order valence-electron chi connectivity index (χ3n) is 3.38. The molecule has 1 aliphatic heterocycles. The molecule has 0 aliphatic carbocycles. The SMILES string of the molecule is CN(C(=O)CCN1CCSC1=O)c1nc2ccccc2s1. The fraction of sp³-hybridized carbons (Fsp3) is 0.357. The first-order valence-corrected chi connectivity index (χ1v) is 8.49. The van der Waals surface area contributed by atoms with E-state index in [2.05, 4.69) is 4.98 Å². The lowest BCUT2D eigenvalue weighted by Crippen LogP contribution is -2.32. The van der Waals surface area contributed by atoms with Gasteiger partial charge in [0.15, 0.2) is 5.13 Å². The molecule has 7 heteroatoms. The summed E-state index contributed by atoms with van der Waals surface area (Å²) in [5.41, 5.74) is 0.906. The molecule has 1 aromatic heterocycles. The number of rotatable bonds is 4. The number of fused-ring (bicyclic) bond motifs is 1. The van der Waals surface area contributed by atoms with Gasteiger partial charge in [0.1, 0.15) is 0 Å². The Morgan fingerprint density at radius 3 is 2.95 bits per heavy atom. The van der Waals surface area contributed by atoms with Gasteiger partial charge < -0.3 is 4.90 Å². The van der Waals surface area contributed by atoms with E-state index in [9.17, 15) is 9.59 Å². The van der Waals surface area contributed by atoms with Crippen molar-refractivity contribution >= 4 is 49.6 Å². The maximum Gasteiger partial charge on any atom is 0.281 e. The summed E-state index contributed by atoms with van der Waals surface area (Å²) in [7, 11) is 1.74. The second-order valence-electron chi connectivity index (χ2n) is 4.77. The standard InChI is InChI=1S/C14H15N3O2S2/c1-16(12(18)6-7-17-8-9-20-14(17)19)13-15-10-4-2-3-5-11(10)21-13/h2-5H,6-9H2,1H3. The van der Waals surface area contributed by atoms with Crippen molar-refractivity contribution in [3.8, 4) is 0 Å². The highest BCUT2D eigenvalue weighted by Gasteiger charge is 2.23. The van der Waals surface area contributed by atoms with Crippen LogP contribution in [0.1, 0.15) is 6.42 Å². The fourth-order valence-electron chi connectivity index (χ4n) is 2.14. The number of carbonyl (C=O) groups is 2. The molecule has 2 amide bonds. The number of benzene rings is 1. The predicted molar refractivity (Wildman–Crippen MR) is 87.1 cm³/mol. The lowest BCUT2D eigenvalue weighted by Gasteiger charge is -2.17. The zero-order valence-corrected chi connectivity index (χ0v) is 13.2. The van der Waals surface area contributed by atoms with Crippen LogP contribution in [0.3, 0.4) is 0 Å². The van der Waals surface area contributed by atoms with E-state index < -0.39 is 0 Å². The zero-order chi connectivity index (χ0) is 14.8. The summed E-state index contributed by atoms with van der Waals surface area (Å²) in [6.07, 6.45) is 0.332. The number of aromatic nitrogens is 1. The minimum atomic E-state index is -0.0150. The Morgan fingerprint density at radius 1 is 1.43 bits per heavy atom. The number of anilines is 1. The van der Waals surface area contributed by atoms with Crippen molar-refractivity contribution in [1.82, 2.24) is 9.88 Å². The molecule has 0 radical (unpaired) electrons. The Bertz CT molecular complexity index is 653. The van der Waals surface area contributed by atoms with Crippen molar-refractivity contribution in [3.05, 3.63) is 24.3 Å². The normalized spacial score (nSPS) is 14.9. The van der Waals surface area contributed by atoms with E-state index >= 15 is 0 Å². The highest BCUT2D eigenvalue weighted by atomic mass is 32.2. The van der Waals surface area contributed by atoms with Crippen molar-refractivity contribution in [1.29, 1.82) is 0 Å². The predicted octanol–water partition coefficient (Wildman–Crippen LogP) is 2.82. The molecule has 0 saturated carbocycles. The molecule has 0 atom stereocenters. The van der Waals surface area contributed by atoms with Gasteiger partial charge in [-0.2, -0.15) is 0 Å². The van der Waals surface area contributed by atoms with Crippen LogP contribution in [-0.4, -0.2) is 46.9 Å². The number of thioether (sulfide) groups is 1. The van der Waals surface area contributed by atoms with E-state index in [1.807, 2.05) is 24.3 Å². The van der Waals surface area contributed by atoms with Crippen LogP contribution in [0.4, 0.5) is 9.93 Å². The van der Waals surface area contributed by atoms with Gasteiger partial charge in [-0.1, -0.05) is 35.2 Å². The molecule has 21 heavy (non-hydrogen) atoms. The molecule has 1 aromatic carbocycles. The largest absolute Gasteiger partial charge is 0.332 e. The average molecular weight is 321 g/mol. The van der Waals surface area contributed by atoms with Crippen molar-refractivity contribution in [2.45, 2.75) is 6.42 Å². The smallest absolute Gasteiger partial charge is 0.281 e. The van der Waals surface area contributed by atoms with E-state index in [-0.39, 0.29) is 11.1 Å². The van der Waals surface area contributed by atoms with Crippen LogP contribution in [0.2, 0.25) is 0 Å². The lowest BCUT2D eigenvalue weighted by atomic mass is 10.3. The second-order valence-corrected chi connectivity index (χ2v) is 6.82. The van der Waals surface area contributed by atoms with Crippen LogP contribution in [0.25, 0.3) is 10.2 Å². The van der Waals surface area contributed by atoms with E-state index in [0.29, 0.717) is 18.1 Å². The second kappa shape index (κ2) is 6.03. The number of para-hydroxylation sites is 1. The number of hydrogen-bond acceptors (Lipinski definition) is 5. The van der Waals surface area contributed by atoms with Crippen molar-refractivity contribution in [3.63, 3.8) is 0 Å². The molecule has 110 valence electrons. The number of thiazole rings is 1. The molecular weight excluding hydrogens is 306 g/mol. The summed E-state index contributed by atoms with van der Waals surface area (Å²) < 4.78 is 1.07. The maximum atomic E-state index is 12.2. The highest BCUT2D eigenvalue weighted by molar-refractivity contribution is 8.13. The topological polar surface area (TPSA) is 53.5 Å². The highest BCUT2D eigenvalue weighted by Crippen LogP contribution is 2.28. The third kappa shape index (κ3) is 3.03. The van der Waals surface area contributed by atoms with Gasteiger partial charge in [-0.15, -0.1) is 0 Å². The van der Waals surface area contributed by atoms with Crippen molar-refractivity contribution < 1.29 is 9.59 Å². The Kier molecular flexibility index (Phi) is 4.12. The molecular formula is C14H15N3O2S2. The van der Waals surface area contributed by atoms with Crippen LogP contribution < -0.4 is 4.90 Å². The number of amides is 2. The van der Waals surface area contributed by atoms with Crippen molar-refractivity contribution in [2.75, 3.05) is 30.8 Å². The summed E-state index contributed by atoms with van der Waals surface area (Å²) in [6, 6.07) is 7.83. The molecule has 0 spiro atoms. The quantitative estimate of drug-likeness (QED) is 0.869. The Labute approximate surface area is 130 Å². The summed E-state index contributed by atoms with van der Waals surface area (Å²) in [6.45, 7) is 1.22. The van der Waals surface area contributed by atoms with Gasteiger partial charge in [0.05, 0.1) is 10.2 Å². The molecule has 5 nitrogen and oxygen atoms in total. The van der Waals surface area contributed by atoms with Crippen LogP contribution in [0.5, 0.6) is 0 Å². The van der Waals surface area contributed by atoms with Crippen LogP contribution in [0, 0.1) is 0 Å². The summed E-state index contributed by atoms with van der Waals surface area (Å²) in [5.74, 6) is 0.805. The Hall–Kier alpha value is -1.60. The molecule has 1 saturated heterocycles. The molecule has 1 fully saturated rings. The summed E-state index contributed by atoms with van der Waals surface area (Å²) in [4.78, 5) is 31.5. The zero-order valence-electron chi connectivity index (χ0n) is 11.6. The summed E-state index contributed by atoms with van der Waals surface area (Å²) >= 11 is 2.82. The molecule has 0 N–H and O–H groups in total. The minimum absolute atomic E-state index is 0.0150. The van der Waals surface area contributed by atoms with E-state index in [1.54, 1.807) is 16.8 Å². The van der Waals surface area contributed by atoms with Crippen LogP contribution >= 0.6 is 23.1 Å². The molecule has 0 bridgehead atoms. The molecule has 1 aliphatic rings. The lowest BCUT2D eigenvalue weighted by molar-refractivity contribution is -0.118. The van der Waals surface area contributed by atoms with Crippen LogP contribution in [0.15, 0.2) is 24.3 Å². The Morgan fingerprint density at radius 2 is 2.24 bits per heavy atom. The first kappa shape index (κ1) is 14.3. The number of carbonyl (C=O) groups excluding carboxylic acids is 2.